The zero-order valence-electron chi connectivity index (χ0n) is 21.4. The van der Waals surface area contributed by atoms with Gasteiger partial charge in [-0.2, -0.15) is 0 Å². The van der Waals surface area contributed by atoms with Crippen LogP contribution in [-0.2, 0) is 25.9 Å². The van der Waals surface area contributed by atoms with E-state index in [1.54, 1.807) is 29.2 Å². The van der Waals surface area contributed by atoms with E-state index in [1.807, 2.05) is 19.1 Å². The predicted octanol–water partition coefficient (Wildman–Crippen LogP) is 3.23. The van der Waals surface area contributed by atoms with Gasteiger partial charge in [0.1, 0.15) is 11.6 Å². The molecular weight excluding hydrogens is 485 g/mol. The van der Waals surface area contributed by atoms with Crippen LogP contribution in [0.15, 0.2) is 60.7 Å². The van der Waals surface area contributed by atoms with Gasteiger partial charge in [-0.05, 0) is 66.3 Å². The molecule has 2 aliphatic heterocycles. The van der Waals surface area contributed by atoms with E-state index in [9.17, 15) is 19.1 Å². The lowest BCUT2D eigenvalue weighted by atomic mass is 9.93. The Balaban J connectivity index is 1.24. The van der Waals surface area contributed by atoms with Gasteiger partial charge in [0.25, 0.3) is 11.8 Å². The minimum absolute atomic E-state index is 0.0873. The summed E-state index contributed by atoms with van der Waals surface area (Å²) in [6.07, 6.45) is 0.524. The number of aliphatic hydroxyl groups excluding tert-OH is 1. The maximum atomic E-state index is 13.2. The quantitative estimate of drug-likeness (QED) is 0.406. The average Bonchev–Trinajstić information content (AvgIpc) is 3.24. The number of benzene rings is 3. The monoisotopic (exact) mass is 517 g/mol. The Hall–Kier alpha value is -3.75. The van der Waals surface area contributed by atoms with Gasteiger partial charge in [0.2, 0.25) is 0 Å². The van der Waals surface area contributed by atoms with Gasteiger partial charge in [0.15, 0.2) is 0 Å². The summed E-state index contributed by atoms with van der Waals surface area (Å²) in [6, 6.07) is 17.6. The molecule has 38 heavy (non-hydrogen) atoms. The lowest BCUT2D eigenvalue weighted by molar-refractivity contribution is 0.0779. The summed E-state index contributed by atoms with van der Waals surface area (Å²) in [7, 11) is 0. The zero-order valence-corrected chi connectivity index (χ0v) is 21.4. The molecule has 7 nitrogen and oxygen atoms in total. The van der Waals surface area contributed by atoms with Crippen LogP contribution in [0.4, 0.5) is 4.39 Å². The SMILES string of the molecule is CCOc1cc2c(cc1C(=O)NC[C@@H](O)[C@@H]1Cc3ccccc3CN1)CN(CCc1ccc(F)cc1)C2=O. The second-order valence-corrected chi connectivity index (χ2v) is 9.78. The zero-order chi connectivity index (χ0) is 26.6. The molecule has 198 valence electrons. The second-order valence-electron chi connectivity index (χ2n) is 9.78. The Morgan fingerprint density at radius 2 is 1.92 bits per heavy atom. The number of rotatable bonds is 9. The summed E-state index contributed by atoms with van der Waals surface area (Å²) in [6.45, 7) is 3.79. The van der Waals surface area contributed by atoms with Crippen molar-refractivity contribution in [3.8, 4) is 5.75 Å². The van der Waals surface area contributed by atoms with Crippen LogP contribution in [0.25, 0.3) is 0 Å². The van der Waals surface area contributed by atoms with Crippen molar-refractivity contribution in [2.24, 2.45) is 0 Å². The summed E-state index contributed by atoms with van der Waals surface area (Å²) in [5.41, 5.74) is 4.99. The van der Waals surface area contributed by atoms with E-state index in [-0.39, 0.29) is 30.2 Å². The fourth-order valence-corrected chi connectivity index (χ4v) is 5.14. The van der Waals surface area contributed by atoms with Crippen molar-refractivity contribution in [3.05, 3.63) is 99.9 Å². The van der Waals surface area contributed by atoms with Gasteiger partial charge in [-0.3, -0.25) is 9.59 Å². The minimum atomic E-state index is -0.763. The summed E-state index contributed by atoms with van der Waals surface area (Å²) >= 11 is 0. The Kier molecular flexibility index (Phi) is 7.72. The van der Waals surface area contributed by atoms with Crippen molar-refractivity contribution in [1.82, 2.24) is 15.5 Å². The van der Waals surface area contributed by atoms with E-state index in [1.165, 1.54) is 23.3 Å². The Morgan fingerprint density at radius 1 is 1.16 bits per heavy atom. The number of hydrogen-bond donors (Lipinski definition) is 3. The standard InChI is InChI=1S/C30H32FN3O4/c1-2-38-28-15-24-22(18-34(30(24)37)12-11-19-7-9-23(31)10-8-19)13-25(28)29(36)33-17-27(35)26-14-20-5-3-4-6-21(20)16-32-26/h3-10,13,15,26-27,32,35H,2,11-12,14,16-18H2,1H3,(H,33,36)/t26-,27+/m0/s1. The molecular formula is C30H32FN3O4. The largest absolute Gasteiger partial charge is 0.493 e. The van der Waals surface area contributed by atoms with Crippen molar-refractivity contribution >= 4 is 11.8 Å². The van der Waals surface area contributed by atoms with E-state index in [0.717, 1.165) is 11.1 Å². The van der Waals surface area contributed by atoms with E-state index in [2.05, 4.69) is 22.8 Å². The number of nitrogens with one attached hydrogen (secondary N) is 2. The maximum absolute atomic E-state index is 13.2. The van der Waals surface area contributed by atoms with Gasteiger partial charge in [-0.25, -0.2) is 4.39 Å². The average molecular weight is 518 g/mol. The fraction of sp³-hybridized carbons (Fsp3) is 0.333. The molecule has 0 bridgehead atoms. The summed E-state index contributed by atoms with van der Waals surface area (Å²) in [4.78, 5) is 28.0. The molecule has 2 heterocycles. The third kappa shape index (κ3) is 5.56. The molecule has 3 aromatic carbocycles. The molecule has 0 spiro atoms. The minimum Gasteiger partial charge on any atom is -0.493 e. The third-order valence-corrected chi connectivity index (χ3v) is 7.26. The van der Waals surface area contributed by atoms with Crippen molar-refractivity contribution in [1.29, 1.82) is 0 Å². The number of ether oxygens (including phenoxy) is 1. The first kappa shape index (κ1) is 25.9. The van der Waals surface area contributed by atoms with Crippen LogP contribution in [0.5, 0.6) is 5.75 Å². The number of nitrogens with zero attached hydrogens (tertiary/aromatic N) is 1. The highest BCUT2D eigenvalue weighted by Gasteiger charge is 2.31. The molecule has 8 heteroatoms. The lowest BCUT2D eigenvalue weighted by Gasteiger charge is -2.30. The number of aliphatic hydroxyl groups is 1. The van der Waals surface area contributed by atoms with Crippen molar-refractivity contribution in [2.45, 2.75) is 45.0 Å². The van der Waals surface area contributed by atoms with Gasteiger partial charge < -0.3 is 25.4 Å². The number of amides is 2. The number of hydrogen-bond acceptors (Lipinski definition) is 5. The number of halogens is 1. The number of carbonyl (C=O) groups is 2. The molecule has 5 rings (SSSR count). The van der Waals surface area contributed by atoms with E-state index >= 15 is 0 Å². The summed E-state index contributed by atoms with van der Waals surface area (Å²) < 4.78 is 18.9. The van der Waals surface area contributed by atoms with Crippen LogP contribution in [-0.4, -0.2) is 53.7 Å². The van der Waals surface area contributed by atoms with Crippen LogP contribution >= 0.6 is 0 Å². The van der Waals surface area contributed by atoms with Gasteiger partial charge in [0, 0.05) is 37.8 Å². The fourth-order valence-electron chi connectivity index (χ4n) is 5.14. The molecule has 0 saturated heterocycles. The normalized spacial score (nSPS) is 17.1. The predicted molar refractivity (Wildman–Crippen MR) is 142 cm³/mol. The maximum Gasteiger partial charge on any atom is 0.255 e. The molecule has 0 radical (unpaired) electrons. The van der Waals surface area contributed by atoms with E-state index in [4.69, 9.17) is 4.74 Å². The molecule has 0 saturated carbocycles. The Morgan fingerprint density at radius 3 is 2.68 bits per heavy atom. The topological polar surface area (TPSA) is 90.9 Å². The van der Waals surface area contributed by atoms with Crippen molar-refractivity contribution in [2.75, 3.05) is 19.7 Å². The molecule has 3 aromatic rings. The molecule has 3 N–H and O–H groups in total. The number of carbonyl (C=O) groups excluding carboxylic acids is 2. The summed E-state index contributed by atoms with van der Waals surface area (Å²) in [5.74, 6) is -0.421. The van der Waals surface area contributed by atoms with Crippen LogP contribution in [0.2, 0.25) is 0 Å². The third-order valence-electron chi connectivity index (χ3n) is 7.26. The number of fused-ring (bicyclic) bond motifs is 2. The first-order valence-electron chi connectivity index (χ1n) is 13.0. The van der Waals surface area contributed by atoms with Crippen LogP contribution in [0, 0.1) is 5.82 Å². The van der Waals surface area contributed by atoms with Crippen molar-refractivity contribution in [3.63, 3.8) is 0 Å². The molecule has 2 atom stereocenters. The lowest BCUT2D eigenvalue weighted by Crippen LogP contribution is -2.49. The smallest absolute Gasteiger partial charge is 0.255 e. The first-order valence-corrected chi connectivity index (χ1v) is 13.0. The highest BCUT2D eigenvalue weighted by Crippen LogP contribution is 2.31. The molecule has 0 aromatic heterocycles. The molecule has 0 aliphatic carbocycles. The highest BCUT2D eigenvalue weighted by molar-refractivity contribution is 6.03. The molecule has 0 unspecified atom stereocenters. The second kappa shape index (κ2) is 11.3. The van der Waals surface area contributed by atoms with E-state index in [0.29, 0.717) is 56.0 Å². The highest BCUT2D eigenvalue weighted by atomic mass is 19.1. The molecule has 0 fully saturated rings. The Bertz CT molecular complexity index is 1330. The Labute approximate surface area is 221 Å². The van der Waals surface area contributed by atoms with Crippen molar-refractivity contribution < 1.29 is 23.8 Å². The van der Waals surface area contributed by atoms with Crippen LogP contribution < -0.4 is 15.4 Å². The summed E-state index contributed by atoms with van der Waals surface area (Å²) in [5, 5.41) is 17.0. The van der Waals surface area contributed by atoms with Gasteiger partial charge >= 0.3 is 0 Å². The van der Waals surface area contributed by atoms with Crippen LogP contribution in [0.1, 0.15) is 49.9 Å². The molecule has 2 amide bonds. The first-order chi connectivity index (χ1) is 18.4. The molecule has 2 aliphatic rings. The van der Waals surface area contributed by atoms with Gasteiger partial charge in [0.05, 0.1) is 18.3 Å². The van der Waals surface area contributed by atoms with E-state index < -0.39 is 6.10 Å². The van der Waals surface area contributed by atoms with Crippen LogP contribution in [0.3, 0.4) is 0 Å². The van der Waals surface area contributed by atoms with Gasteiger partial charge in [-0.15, -0.1) is 0 Å². The van der Waals surface area contributed by atoms with Gasteiger partial charge in [-0.1, -0.05) is 36.4 Å².